The molecule has 0 heterocycles. The van der Waals surface area contributed by atoms with Crippen LogP contribution in [-0.2, 0) is 6.42 Å². The van der Waals surface area contributed by atoms with E-state index in [0.29, 0.717) is 31.5 Å². The number of hydrogen-bond acceptors (Lipinski definition) is 6. The maximum Gasteiger partial charge on any atom is 0.253 e. The highest BCUT2D eigenvalue weighted by Gasteiger charge is 2.34. The van der Waals surface area contributed by atoms with E-state index < -0.39 is 36.1 Å². The molecule has 3 aromatic carbocycles. The van der Waals surface area contributed by atoms with Crippen molar-refractivity contribution in [1.82, 2.24) is 15.5 Å². The average molecular weight is 645 g/mol. The second-order valence-corrected chi connectivity index (χ2v) is 11.8. The van der Waals surface area contributed by atoms with Gasteiger partial charge in [-0.1, -0.05) is 82.1 Å². The number of nitrogens with zero attached hydrogens (tertiary/aromatic N) is 1. The minimum atomic E-state index is -1.50. The Morgan fingerprint density at radius 3 is 1.77 bits per heavy atom. The van der Waals surface area contributed by atoms with Crippen LogP contribution < -0.4 is 16.4 Å². The Morgan fingerprint density at radius 1 is 0.681 bits per heavy atom. The first-order valence-corrected chi connectivity index (χ1v) is 16.4. The van der Waals surface area contributed by atoms with E-state index >= 15 is 0 Å². The van der Waals surface area contributed by atoms with Crippen LogP contribution in [0.5, 0.6) is 0 Å². The molecule has 0 saturated heterocycles. The van der Waals surface area contributed by atoms with Crippen LogP contribution in [0.3, 0.4) is 0 Å². The summed E-state index contributed by atoms with van der Waals surface area (Å²) in [6, 6.07) is 20.1. The lowest BCUT2D eigenvalue weighted by Crippen LogP contribution is -2.56. The molecule has 3 aromatic rings. The standard InChI is InChI=1S/C37H48N4O6/c1-4-7-18-30(39-35(45)26-16-12-9-13-17-26)32(42)33(43)31(21-25-14-10-8-11-15-25)40-36(46)28-22-27(34(38)44)23-29(24-28)37(47)41(19-5-2)20-6-3/h8-17,22-24,30-33,42-43H,4-7,18-21H2,1-3H3,(H2,38,44)(H,39,45)(H,40,46). The number of benzene rings is 3. The maximum atomic E-state index is 13.8. The van der Waals surface area contributed by atoms with Crippen molar-refractivity contribution in [1.29, 1.82) is 0 Å². The Morgan fingerprint density at radius 2 is 1.19 bits per heavy atom. The summed E-state index contributed by atoms with van der Waals surface area (Å²) in [6.45, 7) is 6.93. The van der Waals surface area contributed by atoms with Crippen LogP contribution in [-0.4, -0.2) is 76.1 Å². The number of carbonyl (C=O) groups is 4. The van der Waals surface area contributed by atoms with Crippen molar-refractivity contribution in [3.8, 4) is 0 Å². The highest BCUT2D eigenvalue weighted by molar-refractivity contribution is 6.04. The first kappa shape index (κ1) is 36.9. The van der Waals surface area contributed by atoms with E-state index in [9.17, 15) is 29.4 Å². The van der Waals surface area contributed by atoms with Gasteiger partial charge in [0.25, 0.3) is 17.7 Å². The van der Waals surface area contributed by atoms with Crippen LogP contribution in [0.25, 0.3) is 0 Å². The van der Waals surface area contributed by atoms with Gasteiger partial charge in [0.1, 0.15) is 12.2 Å². The number of rotatable bonds is 18. The normalized spacial score (nSPS) is 13.6. The second-order valence-electron chi connectivity index (χ2n) is 11.8. The average Bonchev–Trinajstić information content (AvgIpc) is 3.09. The van der Waals surface area contributed by atoms with Crippen molar-refractivity contribution in [2.75, 3.05) is 13.1 Å². The summed E-state index contributed by atoms with van der Waals surface area (Å²) in [5, 5.41) is 28.8. The molecule has 0 spiro atoms. The first-order valence-electron chi connectivity index (χ1n) is 16.4. The highest BCUT2D eigenvalue weighted by Crippen LogP contribution is 2.18. The third-order valence-electron chi connectivity index (χ3n) is 8.01. The summed E-state index contributed by atoms with van der Waals surface area (Å²) >= 11 is 0. The summed E-state index contributed by atoms with van der Waals surface area (Å²) in [5.41, 5.74) is 6.96. The number of aliphatic hydroxyl groups is 2. The van der Waals surface area contributed by atoms with Crippen molar-refractivity contribution in [3.05, 3.63) is 107 Å². The van der Waals surface area contributed by atoms with Crippen LogP contribution in [0.15, 0.2) is 78.9 Å². The molecule has 6 N–H and O–H groups in total. The predicted octanol–water partition coefficient (Wildman–Crippen LogP) is 4.10. The molecule has 0 aliphatic rings. The van der Waals surface area contributed by atoms with E-state index in [-0.39, 0.29) is 34.9 Å². The third kappa shape index (κ3) is 10.8. The lowest BCUT2D eigenvalue weighted by molar-refractivity contribution is -0.0237. The molecular formula is C37H48N4O6. The molecule has 4 unspecified atom stereocenters. The van der Waals surface area contributed by atoms with Crippen molar-refractivity contribution >= 4 is 23.6 Å². The molecule has 10 nitrogen and oxygen atoms in total. The van der Waals surface area contributed by atoms with Crippen molar-refractivity contribution in [2.45, 2.75) is 83.6 Å². The van der Waals surface area contributed by atoms with Gasteiger partial charge in [-0.25, -0.2) is 0 Å². The number of primary amides is 1. The summed E-state index contributed by atoms with van der Waals surface area (Å²) in [7, 11) is 0. The molecule has 3 rings (SSSR count). The summed E-state index contributed by atoms with van der Waals surface area (Å²) in [5.74, 6) is -2.17. The van der Waals surface area contributed by atoms with E-state index in [0.717, 1.165) is 24.8 Å². The van der Waals surface area contributed by atoms with E-state index in [1.807, 2.05) is 51.1 Å². The second kappa shape index (κ2) is 18.6. The summed E-state index contributed by atoms with van der Waals surface area (Å²) in [4.78, 5) is 54.2. The van der Waals surface area contributed by atoms with Crippen LogP contribution in [0.2, 0.25) is 0 Å². The monoisotopic (exact) mass is 644 g/mol. The Labute approximate surface area is 277 Å². The van der Waals surface area contributed by atoms with Crippen LogP contribution in [0.4, 0.5) is 0 Å². The maximum absolute atomic E-state index is 13.8. The van der Waals surface area contributed by atoms with Crippen molar-refractivity contribution < 1.29 is 29.4 Å². The molecule has 0 aromatic heterocycles. The van der Waals surface area contributed by atoms with Crippen molar-refractivity contribution in [3.63, 3.8) is 0 Å². The van der Waals surface area contributed by atoms with E-state index in [1.165, 1.54) is 18.2 Å². The number of aliphatic hydroxyl groups excluding tert-OH is 2. The molecule has 47 heavy (non-hydrogen) atoms. The summed E-state index contributed by atoms with van der Waals surface area (Å²) < 4.78 is 0. The molecule has 0 aliphatic carbocycles. The molecule has 0 radical (unpaired) electrons. The third-order valence-corrected chi connectivity index (χ3v) is 8.01. The number of amides is 4. The van der Waals surface area contributed by atoms with Crippen LogP contribution in [0.1, 0.15) is 99.9 Å². The number of hydrogen-bond donors (Lipinski definition) is 5. The van der Waals surface area contributed by atoms with Gasteiger partial charge in [-0.15, -0.1) is 0 Å². The lowest BCUT2D eigenvalue weighted by Gasteiger charge is -2.33. The number of carbonyl (C=O) groups excluding carboxylic acids is 4. The predicted molar refractivity (Wildman–Crippen MR) is 182 cm³/mol. The minimum absolute atomic E-state index is 0.00241. The molecular weight excluding hydrogens is 596 g/mol. The Kier molecular flexibility index (Phi) is 14.6. The fourth-order valence-electron chi connectivity index (χ4n) is 5.51. The SMILES string of the molecule is CCCCC(NC(=O)c1ccccc1)C(O)C(O)C(Cc1ccccc1)NC(=O)c1cc(C(N)=O)cc(C(=O)N(CCC)CCC)c1. The Hall–Kier alpha value is -4.54. The molecule has 252 valence electrons. The lowest BCUT2D eigenvalue weighted by atomic mass is 9.91. The smallest absolute Gasteiger partial charge is 0.253 e. The topological polar surface area (TPSA) is 162 Å². The molecule has 4 amide bonds. The summed E-state index contributed by atoms with van der Waals surface area (Å²) in [6.07, 6.45) is 0.578. The van der Waals surface area contributed by atoms with E-state index in [4.69, 9.17) is 5.73 Å². The molecule has 0 fully saturated rings. The zero-order chi connectivity index (χ0) is 34.3. The van der Waals surface area contributed by atoms with Gasteiger partial charge in [-0.3, -0.25) is 19.2 Å². The Balaban J connectivity index is 1.94. The van der Waals surface area contributed by atoms with Gasteiger partial charge in [0, 0.05) is 35.3 Å². The fourth-order valence-corrected chi connectivity index (χ4v) is 5.51. The highest BCUT2D eigenvalue weighted by atomic mass is 16.3. The van der Waals surface area contributed by atoms with Gasteiger partial charge >= 0.3 is 0 Å². The Bertz CT molecular complexity index is 1460. The molecule has 4 atom stereocenters. The minimum Gasteiger partial charge on any atom is -0.388 e. The van der Waals surface area contributed by atoms with Gasteiger partial charge in [-0.05, 0) is 61.6 Å². The molecule has 0 saturated carbocycles. The van der Waals surface area contributed by atoms with Gasteiger partial charge in [0.15, 0.2) is 0 Å². The molecule has 0 aliphatic heterocycles. The number of nitrogens with one attached hydrogen (secondary N) is 2. The van der Waals surface area contributed by atoms with Gasteiger partial charge in [0.2, 0.25) is 5.91 Å². The van der Waals surface area contributed by atoms with Crippen molar-refractivity contribution in [2.24, 2.45) is 5.73 Å². The largest absolute Gasteiger partial charge is 0.388 e. The zero-order valence-electron chi connectivity index (χ0n) is 27.5. The number of unbranched alkanes of at least 4 members (excludes halogenated alkanes) is 1. The molecule has 10 heteroatoms. The van der Waals surface area contributed by atoms with Crippen LogP contribution >= 0.6 is 0 Å². The quantitative estimate of drug-likeness (QED) is 0.140. The first-order chi connectivity index (χ1) is 22.6. The van der Waals surface area contributed by atoms with Gasteiger partial charge < -0.3 is 31.5 Å². The zero-order valence-corrected chi connectivity index (χ0v) is 27.5. The van der Waals surface area contributed by atoms with Gasteiger partial charge in [0.05, 0.1) is 12.1 Å². The number of nitrogens with two attached hydrogens (primary N) is 1. The van der Waals surface area contributed by atoms with Crippen LogP contribution in [0, 0.1) is 0 Å². The van der Waals surface area contributed by atoms with Gasteiger partial charge in [-0.2, -0.15) is 0 Å². The van der Waals surface area contributed by atoms with E-state index in [1.54, 1.807) is 35.2 Å². The van der Waals surface area contributed by atoms with E-state index in [2.05, 4.69) is 10.6 Å². The fraction of sp³-hybridized carbons (Fsp3) is 0.405. The molecule has 0 bridgehead atoms.